The largest absolute Gasteiger partial charge is 0.493 e. The lowest BCUT2D eigenvalue weighted by molar-refractivity contribution is -0.143. The van der Waals surface area contributed by atoms with E-state index in [1.54, 1.807) is 25.1 Å². The Morgan fingerprint density at radius 1 is 1.00 bits per heavy atom. The van der Waals surface area contributed by atoms with Gasteiger partial charge in [0.2, 0.25) is 0 Å². The van der Waals surface area contributed by atoms with E-state index in [0.717, 1.165) is 11.8 Å². The normalized spacial score (nSPS) is 12.2. The first-order chi connectivity index (χ1) is 18.1. The van der Waals surface area contributed by atoms with Crippen molar-refractivity contribution in [3.63, 3.8) is 0 Å². The van der Waals surface area contributed by atoms with Gasteiger partial charge in [0, 0.05) is 11.6 Å². The molecule has 1 aromatic heterocycles. The molecule has 0 saturated heterocycles. The summed E-state index contributed by atoms with van der Waals surface area (Å²) in [6.45, 7) is 1.78. The summed E-state index contributed by atoms with van der Waals surface area (Å²) in [5, 5.41) is 4.31. The van der Waals surface area contributed by atoms with Crippen LogP contribution in [0.1, 0.15) is 40.1 Å². The highest BCUT2D eigenvalue weighted by Crippen LogP contribution is 2.36. The summed E-state index contributed by atoms with van der Waals surface area (Å²) in [6, 6.07) is 19.4. The van der Waals surface area contributed by atoms with Crippen LogP contribution in [0.4, 0.5) is 13.2 Å². The third-order valence-electron chi connectivity index (χ3n) is 6.15. The number of amides is 1. The molecule has 1 unspecified atom stereocenters. The van der Waals surface area contributed by atoms with Gasteiger partial charge in [0.15, 0.2) is 17.2 Å². The molecule has 0 radical (unpaired) electrons. The van der Waals surface area contributed by atoms with Crippen molar-refractivity contribution >= 4 is 17.5 Å². The van der Waals surface area contributed by atoms with Crippen LogP contribution in [0.2, 0.25) is 5.02 Å². The number of halogens is 4. The van der Waals surface area contributed by atoms with Crippen molar-refractivity contribution in [2.45, 2.75) is 25.7 Å². The molecule has 0 spiro atoms. The van der Waals surface area contributed by atoms with Gasteiger partial charge in [0.25, 0.3) is 5.91 Å². The molecule has 38 heavy (non-hydrogen) atoms. The highest BCUT2D eigenvalue weighted by molar-refractivity contribution is 6.30. The Hall–Kier alpha value is -3.98. The van der Waals surface area contributed by atoms with Crippen molar-refractivity contribution in [3.05, 3.63) is 106 Å². The lowest BCUT2D eigenvalue weighted by atomic mass is 10.0. The fourth-order valence-corrected chi connectivity index (χ4v) is 4.31. The molecule has 0 bridgehead atoms. The predicted molar refractivity (Wildman–Crippen MR) is 138 cm³/mol. The third-order valence-corrected chi connectivity index (χ3v) is 6.40. The van der Waals surface area contributed by atoms with Crippen LogP contribution in [0.25, 0.3) is 5.69 Å². The van der Waals surface area contributed by atoms with E-state index < -0.39 is 29.4 Å². The zero-order valence-electron chi connectivity index (χ0n) is 20.9. The first-order valence-corrected chi connectivity index (χ1v) is 12.0. The van der Waals surface area contributed by atoms with Crippen molar-refractivity contribution in [2.75, 3.05) is 14.2 Å². The van der Waals surface area contributed by atoms with Gasteiger partial charge in [-0.05, 0) is 54.4 Å². The number of rotatable bonds is 8. The monoisotopic (exact) mass is 543 g/mol. The molecule has 10 heteroatoms. The van der Waals surface area contributed by atoms with Crippen molar-refractivity contribution in [3.8, 4) is 17.2 Å². The molecule has 1 amide bonds. The van der Waals surface area contributed by atoms with Gasteiger partial charge in [-0.2, -0.15) is 18.3 Å². The SMILES string of the molecule is COc1ccc(CN(C(=O)c2cnn(-c3ccc(Cl)cc3)c2C(F)(F)F)C(C)c2ccccc2)cc1OC. The van der Waals surface area contributed by atoms with E-state index in [1.807, 2.05) is 30.3 Å². The van der Waals surface area contributed by atoms with E-state index in [2.05, 4.69) is 5.10 Å². The quantitative estimate of drug-likeness (QED) is 0.241. The second kappa shape index (κ2) is 11.2. The first kappa shape index (κ1) is 27.1. The minimum atomic E-state index is -4.86. The molecule has 1 heterocycles. The number of ether oxygens (including phenoxy) is 2. The van der Waals surface area contributed by atoms with Crippen LogP contribution in [0, 0.1) is 0 Å². The predicted octanol–water partition coefficient (Wildman–Crippen LogP) is 6.97. The van der Waals surface area contributed by atoms with Crippen LogP contribution >= 0.6 is 11.6 Å². The van der Waals surface area contributed by atoms with Crippen LogP contribution in [0.3, 0.4) is 0 Å². The van der Waals surface area contributed by atoms with Gasteiger partial charge in [-0.1, -0.05) is 48.0 Å². The van der Waals surface area contributed by atoms with Gasteiger partial charge < -0.3 is 14.4 Å². The second-order valence-corrected chi connectivity index (χ2v) is 8.94. The molecular formula is C28H25ClF3N3O3. The summed E-state index contributed by atoms with van der Waals surface area (Å²) in [6.07, 6.45) is -3.90. The van der Waals surface area contributed by atoms with E-state index in [9.17, 15) is 18.0 Å². The molecule has 0 N–H and O–H groups in total. The molecule has 0 fully saturated rings. The lowest BCUT2D eigenvalue weighted by Gasteiger charge is -2.30. The average molecular weight is 544 g/mol. The standard InChI is InChI=1S/C28H25ClF3N3O3/c1-18(20-7-5-4-6-8-20)34(17-19-9-14-24(37-2)25(15-19)38-3)27(36)23-16-33-35(26(23)28(30,31)32)22-12-10-21(29)11-13-22/h4-16,18H,17H2,1-3H3. The van der Waals surface area contributed by atoms with E-state index in [4.69, 9.17) is 21.1 Å². The van der Waals surface area contributed by atoms with E-state index >= 15 is 0 Å². The first-order valence-electron chi connectivity index (χ1n) is 11.6. The summed E-state index contributed by atoms with van der Waals surface area (Å²) in [5.74, 6) is 0.119. The number of carbonyl (C=O) groups is 1. The lowest BCUT2D eigenvalue weighted by Crippen LogP contribution is -2.34. The van der Waals surface area contributed by atoms with Gasteiger partial charge in [0.05, 0.1) is 37.7 Å². The number of alkyl halides is 3. The van der Waals surface area contributed by atoms with E-state index in [1.165, 1.54) is 43.4 Å². The van der Waals surface area contributed by atoms with Crippen LogP contribution in [0.5, 0.6) is 11.5 Å². The fraction of sp³-hybridized carbons (Fsp3) is 0.214. The Balaban J connectivity index is 1.81. The smallest absolute Gasteiger partial charge is 0.434 e. The third kappa shape index (κ3) is 5.62. The van der Waals surface area contributed by atoms with Crippen LogP contribution in [-0.2, 0) is 12.7 Å². The van der Waals surface area contributed by atoms with Gasteiger partial charge >= 0.3 is 6.18 Å². The molecule has 4 aromatic rings. The van der Waals surface area contributed by atoms with E-state index in [-0.39, 0.29) is 12.2 Å². The number of benzene rings is 3. The van der Waals surface area contributed by atoms with Crippen molar-refractivity contribution in [2.24, 2.45) is 0 Å². The zero-order valence-corrected chi connectivity index (χ0v) is 21.6. The number of carbonyl (C=O) groups excluding carboxylic acids is 1. The Kier molecular flexibility index (Phi) is 7.97. The molecule has 6 nitrogen and oxygen atoms in total. The highest BCUT2D eigenvalue weighted by Gasteiger charge is 2.42. The molecule has 198 valence electrons. The molecule has 0 saturated carbocycles. The second-order valence-electron chi connectivity index (χ2n) is 8.50. The van der Waals surface area contributed by atoms with E-state index in [0.29, 0.717) is 26.8 Å². The number of aromatic nitrogens is 2. The molecule has 0 aliphatic rings. The summed E-state index contributed by atoms with van der Waals surface area (Å²) >= 11 is 5.91. The molecule has 1 atom stereocenters. The Labute approximate surface area is 223 Å². The molecule has 4 rings (SSSR count). The van der Waals surface area contributed by atoms with Crippen LogP contribution in [0.15, 0.2) is 79.0 Å². The highest BCUT2D eigenvalue weighted by atomic mass is 35.5. The molecule has 3 aromatic carbocycles. The summed E-state index contributed by atoms with van der Waals surface area (Å²) < 4.78 is 54.5. The number of hydrogen-bond donors (Lipinski definition) is 0. The van der Waals surface area contributed by atoms with Crippen molar-refractivity contribution in [1.82, 2.24) is 14.7 Å². The van der Waals surface area contributed by atoms with Crippen molar-refractivity contribution in [1.29, 1.82) is 0 Å². The number of nitrogens with zero attached hydrogens (tertiary/aromatic N) is 3. The Morgan fingerprint density at radius 2 is 1.66 bits per heavy atom. The Bertz CT molecular complexity index is 1410. The van der Waals surface area contributed by atoms with Gasteiger partial charge in [-0.15, -0.1) is 0 Å². The fourth-order valence-electron chi connectivity index (χ4n) is 4.18. The van der Waals surface area contributed by atoms with Gasteiger partial charge in [0.1, 0.15) is 0 Å². The number of methoxy groups -OCH3 is 2. The minimum Gasteiger partial charge on any atom is -0.493 e. The maximum Gasteiger partial charge on any atom is 0.434 e. The zero-order chi connectivity index (χ0) is 27.4. The molecule has 0 aliphatic heterocycles. The van der Waals surface area contributed by atoms with Crippen LogP contribution in [-0.4, -0.2) is 34.8 Å². The average Bonchev–Trinajstić information content (AvgIpc) is 3.38. The van der Waals surface area contributed by atoms with Crippen LogP contribution < -0.4 is 9.47 Å². The topological polar surface area (TPSA) is 56.6 Å². The maximum absolute atomic E-state index is 14.4. The minimum absolute atomic E-state index is 0.0126. The summed E-state index contributed by atoms with van der Waals surface area (Å²) in [4.78, 5) is 15.3. The maximum atomic E-state index is 14.4. The Morgan fingerprint density at radius 3 is 2.26 bits per heavy atom. The molecule has 0 aliphatic carbocycles. The van der Waals surface area contributed by atoms with Crippen molar-refractivity contribution < 1.29 is 27.4 Å². The summed E-state index contributed by atoms with van der Waals surface area (Å²) in [7, 11) is 2.99. The summed E-state index contributed by atoms with van der Waals surface area (Å²) in [5.41, 5.74) is -0.182. The van der Waals surface area contributed by atoms with Gasteiger partial charge in [-0.3, -0.25) is 4.79 Å². The number of hydrogen-bond acceptors (Lipinski definition) is 4. The molecular weight excluding hydrogens is 519 g/mol. The van der Waals surface area contributed by atoms with Gasteiger partial charge in [-0.25, -0.2) is 4.68 Å².